The van der Waals surface area contributed by atoms with E-state index >= 15 is 0 Å². The number of hydrogen-bond acceptors (Lipinski definition) is 3. The number of nitrogens with one attached hydrogen (secondary N) is 2. The third-order valence-corrected chi connectivity index (χ3v) is 5.08. The summed E-state index contributed by atoms with van der Waals surface area (Å²) in [6.45, 7) is 2.13. The molecule has 1 unspecified atom stereocenters. The van der Waals surface area contributed by atoms with Crippen molar-refractivity contribution in [2.75, 3.05) is 17.3 Å². The van der Waals surface area contributed by atoms with Gasteiger partial charge in [0.15, 0.2) is 0 Å². The lowest BCUT2D eigenvalue weighted by atomic mass is 10.1. The highest BCUT2D eigenvalue weighted by atomic mass is 35.5. The number of thioether (sulfide) groups is 1. The van der Waals surface area contributed by atoms with Crippen molar-refractivity contribution in [1.82, 2.24) is 5.32 Å². The van der Waals surface area contributed by atoms with Gasteiger partial charge in [0.2, 0.25) is 5.91 Å². The van der Waals surface area contributed by atoms with Crippen LogP contribution in [-0.2, 0) is 11.2 Å². The van der Waals surface area contributed by atoms with Crippen molar-refractivity contribution >= 4 is 40.9 Å². The van der Waals surface area contributed by atoms with Crippen molar-refractivity contribution in [1.29, 1.82) is 0 Å². The van der Waals surface area contributed by atoms with Gasteiger partial charge in [-0.25, -0.2) is 0 Å². The van der Waals surface area contributed by atoms with E-state index in [0.717, 1.165) is 24.3 Å². The van der Waals surface area contributed by atoms with Gasteiger partial charge in [0, 0.05) is 5.69 Å². The molecule has 0 spiro atoms. The lowest BCUT2D eigenvalue weighted by molar-refractivity contribution is -0.118. The Balaban J connectivity index is 2.06. The van der Waals surface area contributed by atoms with Crippen LogP contribution in [0, 0.1) is 0 Å². The SMILES string of the molecule is CCCc1ccc(NC(=O)C(CCSC)NC(=O)c2ccccc2Cl)cc1. The van der Waals surface area contributed by atoms with Crippen LogP contribution in [0.15, 0.2) is 48.5 Å². The van der Waals surface area contributed by atoms with Gasteiger partial charge in [-0.05, 0) is 54.7 Å². The van der Waals surface area contributed by atoms with Crippen LogP contribution in [0.3, 0.4) is 0 Å². The van der Waals surface area contributed by atoms with E-state index in [-0.39, 0.29) is 11.8 Å². The van der Waals surface area contributed by atoms with Crippen molar-refractivity contribution in [3.05, 3.63) is 64.7 Å². The summed E-state index contributed by atoms with van der Waals surface area (Å²) < 4.78 is 0. The van der Waals surface area contributed by atoms with Gasteiger partial charge in [-0.15, -0.1) is 0 Å². The second-order valence-electron chi connectivity index (χ2n) is 6.22. The monoisotopic (exact) mass is 404 g/mol. The minimum Gasteiger partial charge on any atom is -0.340 e. The van der Waals surface area contributed by atoms with Crippen LogP contribution < -0.4 is 10.6 Å². The second kappa shape index (κ2) is 11.0. The second-order valence-corrected chi connectivity index (χ2v) is 7.62. The fourth-order valence-corrected chi connectivity index (χ4v) is 3.35. The molecule has 2 N–H and O–H groups in total. The van der Waals surface area contributed by atoms with E-state index in [0.29, 0.717) is 17.0 Å². The summed E-state index contributed by atoms with van der Waals surface area (Å²) in [5, 5.41) is 6.07. The number of rotatable bonds is 9. The lowest BCUT2D eigenvalue weighted by Crippen LogP contribution is -2.44. The van der Waals surface area contributed by atoms with Gasteiger partial charge >= 0.3 is 0 Å². The van der Waals surface area contributed by atoms with E-state index in [4.69, 9.17) is 11.6 Å². The molecule has 0 fully saturated rings. The van der Waals surface area contributed by atoms with Crippen molar-refractivity contribution in [3.63, 3.8) is 0 Å². The summed E-state index contributed by atoms with van der Waals surface area (Å²) in [5.74, 6) is 0.184. The quantitative estimate of drug-likeness (QED) is 0.632. The number of amides is 2. The van der Waals surface area contributed by atoms with Crippen molar-refractivity contribution in [2.24, 2.45) is 0 Å². The largest absolute Gasteiger partial charge is 0.340 e. The molecule has 0 aliphatic rings. The summed E-state index contributed by atoms with van der Waals surface area (Å²) in [7, 11) is 0. The molecule has 1 atom stereocenters. The Morgan fingerprint density at radius 2 is 1.81 bits per heavy atom. The van der Waals surface area contributed by atoms with Crippen LogP contribution in [0.5, 0.6) is 0 Å². The summed E-state index contributed by atoms with van der Waals surface area (Å²) in [4.78, 5) is 25.2. The Hall–Kier alpha value is -1.98. The Labute approximate surface area is 170 Å². The Morgan fingerprint density at radius 1 is 1.11 bits per heavy atom. The van der Waals surface area contributed by atoms with Crippen LogP contribution in [-0.4, -0.2) is 29.9 Å². The molecule has 0 bridgehead atoms. The standard InChI is InChI=1S/C21H25ClN2O2S/c1-3-6-15-9-11-16(12-10-15)23-21(26)19(13-14-27-2)24-20(25)17-7-4-5-8-18(17)22/h4-5,7-12,19H,3,6,13-14H2,1-2H3,(H,23,26)(H,24,25). The zero-order valence-electron chi connectivity index (χ0n) is 15.6. The van der Waals surface area contributed by atoms with Crippen LogP contribution in [0.4, 0.5) is 5.69 Å². The molecule has 144 valence electrons. The third kappa shape index (κ3) is 6.60. The van der Waals surface area contributed by atoms with Gasteiger partial charge in [-0.2, -0.15) is 11.8 Å². The fourth-order valence-electron chi connectivity index (χ4n) is 2.66. The van der Waals surface area contributed by atoms with E-state index in [2.05, 4.69) is 17.6 Å². The van der Waals surface area contributed by atoms with Crippen molar-refractivity contribution in [3.8, 4) is 0 Å². The van der Waals surface area contributed by atoms with Gasteiger partial charge in [-0.1, -0.05) is 49.2 Å². The first-order valence-electron chi connectivity index (χ1n) is 8.99. The predicted molar refractivity (Wildman–Crippen MR) is 115 cm³/mol. The average Bonchev–Trinajstić information content (AvgIpc) is 2.67. The van der Waals surface area contributed by atoms with E-state index in [1.54, 1.807) is 36.0 Å². The smallest absolute Gasteiger partial charge is 0.253 e. The predicted octanol–water partition coefficient (Wildman–Crippen LogP) is 4.78. The van der Waals surface area contributed by atoms with Crippen molar-refractivity contribution in [2.45, 2.75) is 32.2 Å². The zero-order chi connectivity index (χ0) is 19.6. The summed E-state index contributed by atoms with van der Waals surface area (Å²) >= 11 is 7.72. The minimum atomic E-state index is -0.628. The molecule has 0 aliphatic carbocycles. The fraction of sp³-hybridized carbons (Fsp3) is 0.333. The van der Waals surface area contributed by atoms with Gasteiger partial charge in [0.25, 0.3) is 5.91 Å². The molecule has 0 heterocycles. The number of benzene rings is 2. The maximum atomic E-state index is 12.7. The van der Waals surface area contributed by atoms with Crippen LogP contribution >= 0.6 is 23.4 Å². The first-order valence-corrected chi connectivity index (χ1v) is 10.8. The Bertz CT molecular complexity index is 765. The third-order valence-electron chi connectivity index (χ3n) is 4.11. The number of aryl methyl sites for hydroxylation is 1. The normalized spacial score (nSPS) is 11.7. The topological polar surface area (TPSA) is 58.2 Å². The molecule has 0 radical (unpaired) electrons. The highest BCUT2D eigenvalue weighted by Gasteiger charge is 2.22. The molecular weight excluding hydrogens is 380 g/mol. The molecule has 2 rings (SSSR count). The number of carbonyl (C=O) groups is 2. The molecule has 2 aromatic rings. The van der Waals surface area contributed by atoms with Crippen molar-refractivity contribution < 1.29 is 9.59 Å². The van der Waals surface area contributed by atoms with E-state index in [1.807, 2.05) is 30.5 Å². The molecule has 2 aromatic carbocycles. The molecular formula is C21H25ClN2O2S. The highest BCUT2D eigenvalue weighted by molar-refractivity contribution is 7.98. The highest BCUT2D eigenvalue weighted by Crippen LogP contribution is 2.16. The number of hydrogen-bond donors (Lipinski definition) is 2. The molecule has 27 heavy (non-hydrogen) atoms. The van der Waals surface area contributed by atoms with Crippen LogP contribution in [0.25, 0.3) is 0 Å². The summed E-state index contributed by atoms with van der Waals surface area (Å²) in [6.07, 6.45) is 4.60. The summed E-state index contributed by atoms with van der Waals surface area (Å²) in [6, 6.07) is 14.0. The maximum absolute atomic E-state index is 12.7. The van der Waals surface area contributed by atoms with Gasteiger partial charge in [-0.3, -0.25) is 9.59 Å². The number of carbonyl (C=O) groups excluding carboxylic acids is 2. The zero-order valence-corrected chi connectivity index (χ0v) is 17.2. The van der Waals surface area contributed by atoms with Gasteiger partial charge < -0.3 is 10.6 Å². The Morgan fingerprint density at radius 3 is 2.44 bits per heavy atom. The lowest BCUT2D eigenvalue weighted by Gasteiger charge is -2.19. The minimum absolute atomic E-state index is 0.229. The van der Waals surface area contributed by atoms with E-state index in [1.165, 1.54) is 5.56 Å². The molecule has 2 amide bonds. The first-order chi connectivity index (χ1) is 13.0. The van der Waals surface area contributed by atoms with E-state index in [9.17, 15) is 9.59 Å². The maximum Gasteiger partial charge on any atom is 0.253 e. The number of halogens is 1. The average molecular weight is 405 g/mol. The molecule has 6 heteroatoms. The van der Waals surface area contributed by atoms with Gasteiger partial charge in [0.1, 0.15) is 6.04 Å². The molecule has 0 saturated carbocycles. The van der Waals surface area contributed by atoms with Gasteiger partial charge in [0.05, 0.1) is 10.6 Å². The molecule has 0 aliphatic heterocycles. The Kier molecular flexibility index (Phi) is 8.69. The van der Waals surface area contributed by atoms with Crippen LogP contribution in [0.1, 0.15) is 35.7 Å². The summed E-state index contributed by atoms with van der Waals surface area (Å²) in [5.41, 5.74) is 2.33. The molecule has 0 aromatic heterocycles. The van der Waals surface area contributed by atoms with E-state index < -0.39 is 6.04 Å². The first kappa shape index (κ1) is 21.3. The van der Waals surface area contributed by atoms with Crippen LogP contribution in [0.2, 0.25) is 5.02 Å². The molecule has 4 nitrogen and oxygen atoms in total. The number of anilines is 1. The molecule has 0 saturated heterocycles.